The number of aromatic nitrogens is 2. The Morgan fingerprint density at radius 2 is 1.09 bits per heavy atom. The number of para-hydroxylation sites is 2. The van der Waals surface area contributed by atoms with Gasteiger partial charge in [0.2, 0.25) is 11.8 Å². The van der Waals surface area contributed by atoms with Crippen molar-refractivity contribution in [2.45, 2.75) is 37.0 Å². The molecule has 8 N–H and O–H groups in total. The molecule has 0 fully saturated rings. The van der Waals surface area contributed by atoms with Crippen molar-refractivity contribution in [1.82, 2.24) is 20.6 Å². The lowest BCUT2D eigenvalue weighted by Crippen LogP contribution is -2.50. The van der Waals surface area contributed by atoms with Crippen LogP contribution in [0.3, 0.4) is 0 Å². The van der Waals surface area contributed by atoms with E-state index >= 15 is 0 Å². The predicted molar refractivity (Wildman–Crippen MR) is 173 cm³/mol. The smallest absolute Gasteiger partial charge is 0.328 e. The Morgan fingerprint density at radius 3 is 1.48 bits per heavy atom. The standard InChI is InChI=1S/C30H36N6O6S2/c1-41-29(39)25(11-17-13-33-23-9-5-3-7-19(17)23)35-27(37)21(31)15-43-44-16-22(32)28(38)36-26(30(40)42-2)12-18-14-34-24-10-6-4-8-20(18)24/h3-10,13-14,21-22,25-26,33-34H,11-12,15-16,31-32H2,1-2H3,(H,35,37)(H,36,38)/t21-,22-,25-,26-/m0/s1. The van der Waals surface area contributed by atoms with Gasteiger partial charge in [-0.1, -0.05) is 58.0 Å². The number of hydrogen-bond acceptors (Lipinski definition) is 10. The highest BCUT2D eigenvalue weighted by Gasteiger charge is 2.27. The Labute approximate surface area is 262 Å². The van der Waals surface area contributed by atoms with E-state index < -0.39 is 47.9 Å². The van der Waals surface area contributed by atoms with E-state index in [1.807, 2.05) is 48.5 Å². The maximum atomic E-state index is 12.8. The van der Waals surface area contributed by atoms with Crippen molar-refractivity contribution >= 4 is 67.1 Å². The molecule has 0 aliphatic carbocycles. The maximum Gasteiger partial charge on any atom is 0.328 e. The number of carbonyl (C=O) groups excluding carboxylic acids is 4. The third-order valence-corrected chi connectivity index (χ3v) is 9.53. The molecular weight excluding hydrogens is 605 g/mol. The Kier molecular flexibility index (Phi) is 11.7. The molecule has 0 bridgehead atoms. The molecule has 0 unspecified atom stereocenters. The second kappa shape index (κ2) is 15.7. The Hall–Kier alpha value is -3.98. The van der Waals surface area contributed by atoms with E-state index in [1.54, 1.807) is 12.4 Å². The van der Waals surface area contributed by atoms with E-state index in [9.17, 15) is 19.2 Å². The minimum atomic E-state index is -0.924. The van der Waals surface area contributed by atoms with Gasteiger partial charge in [0.25, 0.3) is 0 Å². The van der Waals surface area contributed by atoms with Crippen LogP contribution in [-0.4, -0.2) is 83.6 Å². The van der Waals surface area contributed by atoms with E-state index in [4.69, 9.17) is 20.9 Å². The van der Waals surface area contributed by atoms with Gasteiger partial charge < -0.3 is 41.5 Å². The molecule has 4 rings (SSSR count). The van der Waals surface area contributed by atoms with E-state index in [-0.39, 0.29) is 24.3 Å². The van der Waals surface area contributed by atoms with Gasteiger partial charge in [0.05, 0.1) is 26.3 Å². The number of aromatic amines is 2. The summed E-state index contributed by atoms with van der Waals surface area (Å²) in [6.45, 7) is 0. The summed E-state index contributed by atoms with van der Waals surface area (Å²) < 4.78 is 9.80. The van der Waals surface area contributed by atoms with Crippen LogP contribution in [0.2, 0.25) is 0 Å². The lowest BCUT2D eigenvalue weighted by molar-refractivity contribution is -0.145. The van der Waals surface area contributed by atoms with E-state index in [0.29, 0.717) is 0 Å². The fraction of sp³-hybridized carbons (Fsp3) is 0.333. The van der Waals surface area contributed by atoms with Gasteiger partial charge in [0.15, 0.2) is 0 Å². The zero-order valence-corrected chi connectivity index (χ0v) is 26.0. The van der Waals surface area contributed by atoms with Crippen LogP contribution < -0.4 is 22.1 Å². The average molecular weight is 641 g/mol. The number of amides is 2. The first kappa shape index (κ1) is 32.9. The van der Waals surface area contributed by atoms with Crippen molar-refractivity contribution in [3.05, 3.63) is 72.1 Å². The molecule has 2 aromatic heterocycles. The monoisotopic (exact) mass is 640 g/mol. The summed E-state index contributed by atoms with van der Waals surface area (Å²) in [4.78, 5) is 56.8. The maximum absolute atomic E-state index is 12.8. The SMILES string of the molecule is COC(=O)[C@H](Cc1c[nH]c2ccccc12)NC(=O)[C@@H](N)CSSC[C@H](N)C(=O)N[C@@H](Cc1c[nH]c2ccccc12)C(=O)OC. The van der Waals surface area contributed by atoms with Crippen LogP contribution >= 0.6 is 21.6 Å². The third kappa shape index (κ3) is 8.34. The number of esters is 2. The second-order valence-corrected chi connectivity index (χ2v) is 12.6. The molecular formula is C30H36N6O6S2. The highest BCUT2D eigenvalue weighted by atomic mass is 33.1. The lowest BCUT2D eigenvalue weighted by atomic mass is 10.0. The number of hydrogen-bond donors (Lipinski definition) is 6. The molecule has 234 valence electrons. The zero-order valence-electron chi connectivity index (χ0n) is 24.3. The first-order chi connectivity index (χ1) is 21.2. The van der Waals surface area contributed by atoms with Crippen molar-refractivity contribution in [2.24, 2.45) is 11.5 Å². The average Bonchev–Trinajstić information content (AvgIpc) is 3.65. The summed E-state index contributed by atoms with van der Waals surface area (Å²) in [6, 6.07) is 11.6. The zero-order chi connectivity index (χ0) is 31.6. The fourth-order valence-corrected chi connectivity index (χ4v) is 6.91. The predicted octanol–water partition coefficient (Wildman–Crippen LogP) is 1.79. The molecule has 0 spiro atoms. The highest BCUT2D eigenvalue weighted by Crippen LogP contribution is 2.23. The second-order valence-electron chi connectivity index (χ2n) is 10.1. The molecule has 4 atom stereocenters. The number of rotatable bonds is 15. The number of H-pyrrole nitrogens is 2. The number of nitrogens with two attached hydrogens (primary N) is 2. The largest absolute Gasteiger partial charge is 0.467 e. The number of fused-ring (bicyclic) bond motifs is 2. The molecule has 0 radical (unpaired) electrons. The van der Waals surface area contributed by atoms with Crippen molar-refractivity contribution in [1.29, 1.82) is 0 Å². The number of methoxy groups -OCH3 is 2. The molecule has 2 amide bonds. The molecule has 2 heterocycles. The van der Waals surface area contributed by atoms with Gasteiger partial charge in [-0.25, -0.2) is 9.59 Å². The van der Waals surface area contributed by atoms with Gasteiger partial charge in [0.1, 0.15) is 12.1 Å². The fourth-order valence-electron chi connectivity index (χ4n) is 4.66. The Bertz CT molecular complexity index is 1490. The van der Waals surface area contributed by atoms with Crippen molar-refractivity contribution in [3.63, 3.8) is 0 Å². The summed E-state index contributed by atoms with van der Waals surface area (Å²) in [5, 5.41) is 7.29. The van der Waals surface area contributed by atoms with Gasteiger partial charge in [-0.05, 0) is 23.3 Å². The third-order valence-electron chi connectivity index (χ3n) is 7.05. The van der Waals surface area contributed by atoms with Gasteiger partial charge >= 0.3 is 11.9 Å². The van der Waals surface area contributed by atoms with E-state index in [1.165, 1.54) is 35.8 Å². The quantitative estimate of drug-likeness (QED) is 0.0634. The van der Waals surface area contributed by atoms with Crippen LogP contribution in [0.5, 0.6) is 0 Å². The Morgan fingerprint density at radius 1 is 0.705 bits per heavy atom. The van der Waals surface area contributed by atoms with Gasteiger partial charge in [-0.15, -0.1) is 0 Å². The molecule has 0 aliphatic heterocycles. The van der Waals surface area contributed by atoms with Crippen molar-refractivity contribution in [2.75, 3.05) is 25.7 Å². The van der Waals surface area contributed by atoms with Crippen LogP contribution in [-0.2, 0) is 41.5 Å². The van der Waals surface area contributed by atoms with E-state index in [2.05, 4.69) is 20.6 Å². The van der Waals surface area contributed by atoms with Crippen LogP contribution in [0.25, 0.3) is 21.8 Å². The van der Waals surface area contributed by atoms with Crippen LogP contribution in [0.4, 0.5) is 0 Å². The summed E-state index contributed by atoms with van der Waals surface area (Å²) in [6.07, 6.45) is 4.06. The van der Waals surface area contributed by atoms with E-state index in [0.717, 1.165) is 32.9 Å². The molecule has 0 saturated heterocycles. The van der Waals surface area contributed by atoms with Crippen molar-refractivity contribution in [3.8, 4) is 0 Å². The van der Waals surface area contributed by atoms with Gasteiger partial charge in [-0.3, -0.25) is 9.59 Å². The topological polar surface area (TPSA) is 194 Å². The highest BCUT2D eigenvalue weighted by molar-refractivity contribution is 8.76. The number of nitrogens with one attached hydrogen (secondary N) is 4. The first-order valence-corrected chi connectivity index (χ1v) is 16.3. The molecule has 44 heavy (non-hydrogen) atoms. The van der Waals surface area contributed by atoms with Gasteiger partial charge in [-0.2, -0.15) is 0 Å². The van der Waals surface area contributed by atoms with Crippen molar-refractivity contribution < 1.29 is 28.7 Å². The molecule has 0 aliphatic rings. The summed E-state index contributed by atoms with van der Waals surface area (Å²) in [5.74, 6) is -1.76. The number of carbonyl (C=O) groups is 4. The summed E-state index contributed by atoms with van der Waals surface area (Å²) >= 11 is 0. The normalized spacial score (nSPS) is 14.0. The summed E-state index contributed by atoms with van der Waals surface area (Å²) in [5.41, 5.74) is 15.8. The van der Waals surface area contributed by atoms with Crippen LogP contribution in [0.1, 0.15) is 11.1 Å². The minimum absolute atomic E-state index is 0.206. The first-order valence-electron chi connectivity index (χ1n) is 13.8. The number of ether oxygens (including phenoxy) is 2. The molecule has 12 nitrogen and oxygen atoms in total. The molecule has 0 saturated carbocycles. The van der Waals surface area contributed by atoms with Crippen LogP contribution in [0, 0.1) is 0 Å². The molecule has 14 heteroatoms. The number of benzene rings is 2. The lowest BCUT2D eigenvalue weighted by Gasteiger charge is -2.20. The molecule has 4 aromatic rings. The van der Waals surface area contributed by atoms with Crippen LogP contribution in [0.15, 0.2) is 60.9 Å². The summed E-state index contributed by atoms with van der Waals surface area (Å²) in [7, 11) is 5.07. The molecule has 2 aromatic carbocycles. The van der Waals surface area contributed by atoms with Gasteiger partial charge in [0, 0.05) is 58.5 Å². The Balaban J connectivity index is 1.24. The minimum Gasteiger partial charge on any atom is -0.467 e.